The molecule has 1 rings (SSSR count). The summed E-state index contributed by atoms with van der Waals surface area (Å²) < 4.78 is 0. The van der Waals surface area contributed by atoms with E-state index in [1.54, 1.807) is 6.08 Å². The fourth-order valence-electron chi connectivity index (χ4n) is 1.20. The van der Waals surface area contributed by atoms with Gasteiger partial charge in [0.25, 0.3) is 0 Å². The molecule has 0 saturated heterocycles. The van der Waals surface area contributed by atoms with Crippen LogP contribution in [0.25, 0.3) is 0 Å². The minimum atomic E-state index is -0.400. The highest BCUT2D eigenvalue weighted by molar-refractivity contribution is 5.32. The summed E-state index contributed by atoms with van der Waals surface area (Å²) in [5.74, 6) is 0.162. The first-order chi connectivity index (χ1) is 4.93. The molecule has 0 bridgehead atoms. The van der Waals surface area contributed by atoms with Crippen molar-refractivity contribution in [2.45, 2.75) is 19.4 Å². The van der Waals surface area contributed by atoms with Crippen molar-refractivity contribution in [2.24, 2.45) is 23.1 Å². The molecule has 0 radical (unpaired) electrons. The van der Waals surface area contributed by atoms with Gasteiger partial charge in [0.1, 0.15) is 0 Å². The quantitative estimate of drug-likeness (QED) is 0.459. The van der Waals surface area contributed by atoms with Gasteiger partial charge < -0.3 is 17.2 Å². The monoisotopic (exact) mass is 153 g/mol. The Morgan fingerprint density at radius 2 is 2.00 bits per heavy atom. The Morgan fingerprint density at radius 3 is 2.45 bits per heavy atom. The molecule has 0 aromatic rings. The molecule has 11 heavy (non-hydrogen) atoms. The third-order valence-corrected chi connectivity index (χ3v) is 2.24. The molecule has 0 aliphatic heterocycles. The van der Waals surface area contributed by atoms with E-state index in [-0.39, 0.29) is 5.92 Å². The topological polar surface area (TPSA) is 78.1 Å². The second kappa shape index (κ2) is 2.27. The molecule has 0 amide bonds. The zero-order valence-corrected chi connectivity index (χ0v) is 6.96. The fourth-order valence-corrected chi connectivity index (χ4v) is 1.20. The second-order valence-electron chi connectivity index (χ2n) is 3.38. The number of hydrogen-bond donors (Lipinski definition) is 3. The molecule has 0 spiro atoms. The van der Waals surface area contributed by atoms with Gasteiger partial charge in [-0.2, -0.15) is 0 Å². The van der Waals surface area contributed by atoms with E-state index in [1.165, 1.54) is 0 Å². The van der Waals surface area contributed by atoms with Gasteiger partial charge in [-0.15, -0.1) is 0 Å². The smallest absolute Gasteiger partial charge is 0.0414 e. The van der Waals surface area contributed by atoms with Crippen LogP contribution in [0.15, 0.2) is 23.5 Å². The van der Waals surface area contributed by atoms with E-state index in [2.05, 4.69) is 0 Å². The van der Waals surface area contributed by atoms with Crippen LogP contribution in [0.3, 0.4) is 0 Å². The van der Waals surface area contributed by atoms with Gasteiger partial charge in [0.15, 0.2) is 0 Å². The maximum absolute atomic E-state index is 5.92. The second-order valence-corrected chi connectivity index (χ2v) is 3.38. The maximum Gasteiger partial charge on any atom is 0.0414 e. The summed E-state index contributed by atoms with van der Waals surface area (Å²) in [7, 11) is 0. The molecular formula is C8H15N3. The zero-order chi connectivity index (χ0) is 8.65. The first-order valence-corrected chi connectivity index (χ1v) is 3.68. The molecule has 3 nitrogen and oxygen atoms in total. The van der Waals surface area contributed by atoms with Gasteiger partial charge in [0, 0.05) is 22.9 Å². The van der Waals surface area contributed by atoms with E-state index in [0.29, 0.717) is 5.70 Å². The molecule has 0 fully saturated rings. The molecule has 62 valence electrons. The van der Waals surface area contributed by atoms with Crippen molar-refractivity contribution < 1.29 is 0 Å². The predicted molar refractivity (Wildman–Crippen MR) is 46.3 cm³/mol. The summed E-state index contributed by atoms with van der Waals surface area (Å²) in [5.41, 5.74) is 18.2. The highest BCUT2D eigenvalue weighted by Crippen LogP contribution is 2.25. The van der Waals surface area contributed by atoms with Crippen LogP contribution in [0.5, 0.6) is 0 Å². The maximum atomic E-state index is 5.92. The average molecular weight is 153 g/mol. The van der Waals surface area contributed by atoms with Crippen LogP contribution >= 0.6 is 0 Å². The lowest BCUT2D eigenvalue weighted by atomic mass is 9.81. The van der Waals surface area contributed by atoms with E-state index in [1.807, 2.05) is 19.9 Å². The zero-order valence-electron chi connectivity index (χ0n) is 6.96. The molecule has 0 aromatic heterocycles. The summed E-state index contributed by atoms with van der Waals surface area (Å²) in [4.78, 5) is 0. The van der Waals surface area contributed by atoms with E-state index in [4.69, 9.17) is 17.2 Å². The Kier molecular flexibility index (Phi) is 1.68. The molecule has 3 heteroatoms. The Hall–Kier alpha value is -0.960. The minimum Gasteiger partial charge on any atom is -0.402 e. The Balaban J connectivity index is 3.01. The standard InChI is InChI=1S/C8H15N3/c1-5-7(10)3-6(9)4-8(5,2)11/h3-5H,9-11H2,1-2H3. The van der Waals surface area contributed by atoms with Crippen molar-refractivity contribution >= 4 is 0 Å². The summed E-state index contributed by atoms with van der Waals surface area (Å²) in [6.45, 7) is 3.92. The van der Waals surface area contributed by atoms with Crippen LogP contribution in [0, 0.1) is 5.92 Å². The largest absolute Gasteiger partial charge is 0.402 e. The van der Waals surface area contributed by atoms with Crippen LogP contribution in [0.2, 0.25) is 0 Å². The third kappa shape index (κ3) is 1.38. The average Bonchev–Trinajstić information content (AvgIpc) is 1.81. The highest BCUT2D eigenvalue weighted by atomic mass is 14.8. The molecule has 1 aliphatic carbocycles. The minimum absolute atomic E-state index is 0.162. The number of nitrogens with two attached hydrogens (primary N) is 3. The molecule has 6 N–H and O–H groups in total. The van der Waals surface area contributed by atoms with Crippen molar-refractivity contribution in [3.05, 3.63) is 23.5 Å². The molecular weight excluding hydrogens is 138 g/mol. The van der Waals surface area contributed by atoms with Crippen molar-refractivity contribution in [3.8, 4) is 0 Å². The molecule has 0 aromatic carbocycles. The first kappa shape index (κ1) is 8.14. The van der Waals surface area contributed by atoms with Crippen LogP contribution < -0.4 is 17.2 Å². The van der Waals surface area contributed by atoms with Gasteiger partial charge in [-0.05, 0) is 19.1 Å². The third-order valence-electron chi connectivity index (χ3n) is 2.24. The van der Waals surface area contributed by atoms with E-state index < -0.39 is 5.54 Å². The Morgan fingerprint density at radius 1 is 1.45 bits per heavy atom. The fraction of sp³-hybridized carbons (Fsp3) is 0.500. The van der Waals surface area contributed by atoms with Crippen LogP contribution in [0.1, 0.15) is 13.8 Å². The van der Waals surface area contributed by atoms with Crippen LogP contribution in [-0.2, 0) is 0 Å². The highest BCUT2D eigenvalue weighted by Gasteiger charge is 2.28. The number of hydrogen-bond acceptors (Lipinski definition) is 3. The molecule has 0 heterocycles. The van der Waals surface area contributed by atoms with Crippen LogP contribution in [-0.4, -0.2) is 5.54 Å². The summed E-state index contributed by atoms with van der Waals surface area (Å²) >= 11 is 0. The summed E-state index contributed by atoms with van der Waals surface area (Å²) in [5, 5.41) is 0. The molecule has 0 saturated carbocycles. The summed E-state index contributed by atoms with van der Waals surface area (Å²) in [6, 6.07) is 0. The van der Waals surface area contributed by atoms with Crippen molar-refractivity contribution in [2.75, 3.05) is 0 Å². The van der Waals surface area contributed by atoms with Crippen LogP contribution in [0.4, 0.5) is 0 Å². The molecule has 1 aliphatic rings. The lowest BCUT2D eigenvalue weighted by Crippen LogP contribution is -2.45. The first-order valence-electron chi connectivity index (χ1n) is 3.68. The van der Waals surface area contributed by atoms with Gasteiger partial charge in [0.05, 0.1) is 0 Å². The van der Waals surface area contributed by atoms with Crippen molar-refractivity contribution in [1.82, 2.24) is 0 Å². The Labute approximate surface area is 66.9 Å². The predicted octanol–water partition coefficient (Wildman–Crippen LogP) is 0.0387. The SMILES string of the molecule is CC1C(N)=CC(N)=CC1(C)N. The summed E-state index contributed by atoms with van der Waals surface area (Å²) in [6.07, 6.45) is 3.60. The lowest BCUT2D eigenvalue weighted by Gasteiger charge is -2.32. The van der Waals surface area contributed by atoms with Crippen molar-refractivity contribution in [3.63, 3.8) is 0 Å². The van der Waals surface area contributed by atoms with E-state index >= 15 is 0 Å². The van der Waals surface area contributed by atoms with Gasteiger partial charge in [0.2, 0.25) is 0 Å². The van der Waals surface area contributed by atoms with E-state index in [0.717, 1.165) is 5.70 Å². The molecule has 2 atom stereocenters. The number of rotatable bonds is 0. The lowest BCUT2D eigenvalue weighted by molar-refractivity contribution is 0.428. The van der Waals surface area contributed by atoms with E-state index in [9.17, 15) is 0 Å². The van der Waals surface area contributed by atoms with Gasteiger partial charge in [-0.3, -0.25) is 0 Å². The normalized spacial score (nSPS) is 37.9. The van der Waals surface area contributed by atoms with Crippen molar-refractivity contribution in [1.29, 1.82) is 0 Å². The number of allylic oxidation sites excluding steroid dienone is 1. The Bertz CT molecular complexity index is 225. The molecule has 2 unspecified atom stereocenters. The van der Waals surface area contributed by atoms with Gasteiger partial charge in [-0.1, -0.05) is 6.92 Å². The van der Waals surface area contributed by atoms with Gasteiger partial charge >= 0.3 is 0 Å². The van der Waals surface area contributed by atoms with Gasteiger partial charge in [-0.25, -0.2) is 0 Å².